The fourth-order valence-corrected chi connectivity index (χ4v) is 4.49. The first-order chi connectivity index (χ1) is 15.8. The number of hydrogen-bond donors (Lipinski definition) is 2. The molecule has 0 bridgehead atoms. The normalized spacial score (nSPS) is 12.1. The molecule has 2 N–H and O–H groups in total. The zero-order valence-electron chi connectivity index (χ0n) is 21.0. The van der Waals surface area contributed by atoms with E-state index in [4.69, 9.17) is 0 Å². The van der Waals surface area contributed by atoms with E-state index >= 15 is 0 Å². The van der Waals surface area contributed by atoms with Crippen LogP contribution in [0, 0.1) is 5.92 Å². The summed E-state index contributed by atoms with van der Waals surface area (Å²) in [6.45, 7) is 11.0. The van der Waals surface area contributed by atoms with Gasteiger partial charge in [0, 0.05) is 21.5 Å². The van der Waals surface area contributed by atoms with E-state index in [-0.39, 0.29) is 11.5 Å². The van der Waals surface area contributed by atoms with Gasteiger partial charge in [0.15, 0.2) is 0 Å². The number of phenols is 2. The van der Waals surface area contributed by atoms with E-state index in [2.05, 4.69) is 58.9 Å². The Bertz CT molecular complexity index is 1160. The minimum atomic E-state index is 0.251. The van der Waals surface area contributed by atoms with Gasteiger partial charge in [0.2, 0.25) is 0 Å². The van der Waals surface area contributed by atoms with E-state index < -0.39 is 0 Å². The van der Waals surface area contributed by atoms with Gasteiger partial charge in [-0.2, -0.15) is 0 Å². The van der Waals surface area contributed by atoms with Crippen LogP contribution in [0.2, 0.25) is 0 Å². The van der Waals surface area contributed by atoms with Crippen LogP contribution in [0.4, 0.5) is 0 Å². The lowest BCUT2D eigenvalue weighted by molar-refractivity contribution is 0.478. The van der Waals surface area contributed by atoms with Crippen LogP contribution < -0.4 is 0 Å². The number of aryl methyl sites for hydroxylation is 2. The highest BCUT2D eigenvalue weighted by atomic mass is 16.3. The molecule has 0 spiro atoms. The molecule has 0 amide bonds. The molecule has 3 aromatic rings. The van der Waals surface area contributed by atoms with E-state index in [0.717, 1.165) is 42.4 Å². The molecule has 0 aliphatic heterocycles. The highest BCUT2D eigenvalue weighted by Crippen LogP contribution is 2.42. The molecule has 0 saturated carbocycles. The number of benzene rings is 3. The van der Waals surface area contributed by atoms with Crippen molar-refractivity contribution < 1.29 is 10.2 Å². The van der Waals surface area contributed by atoms with Crippen LogP contribution in [-0.2, 0) is 12.8 Å². The smallest absolute Gasteiger partial charge is 0.131 e. The Hall–Kier alpha value is -2.74. The highest BCUT2D eigenvalue weighted by molar-refractivity contribution is 6.10. The molecule has 2 nitrogen and oxygen atoms in total. The fourth-order valence-electron chi connectivity index (χ4n) is 4.49. The largest absolute Gasteiger partial charge is 0.507 e. The van der Waals surface area contributed by atoms with Crippen LogP contribution >= 0.6 is 0 Å². The zero-order valence-corrected chi connectivity index (χ0v) is 21.0. The Labute approximate surface area is 199 Å². The van der Waals surface area contributed by atoms with E-state index in [1.54, 1.807) is 0 Å². The molecule has 176 valence electrons. The van der Waals surface area contributed by atoms with Gasteiger partial charge < -0.3 is 10.2 Å². The molecule has 3 aromatic carbocycles. The maximum Gasteiger partial charge on any atom is 0.131 e. The lowest BCUT2D eigenvalue weighted by Gasteiger charge is -2.12. The molecule has 0 aromatic heterocycles. The fraction of sp³-hybridized carbons (Fsp3) is 0.419. The molecule has 0 aliphatic rings. The first kappa shape index (κ1) is 24.9. The third kappa shape index (κ3) is 6.63. The van der Waals surface area contributed by atoms with Crippen LogP contribution in [0.1, 0.15) is 77.8 Å². The Morgan fingerprint density at radius 2 is 1.27 bits per heavy atom. The van der Waals surface area contributed by atoms with Gasteiger partial charge in [-0.05, 0) is 88.5 Å². The van der Waals surface area contributed by atoms with Crippen molar-refractivity contribution in [2.24, 2.45) is 5.92 Å². The van der Waals surface area contributed by atoms with Crippen LogP contribution in [0.5, 0.6) is 11.5 Å². The predicted octanol–water partition coefficient (Wildman–Crippen LogP) is 9.01. The second kappa shape index (κ2) is 11.4. The number of rotatable bonds is 10. The summed E-state index contributed by atoms with van der Waals surface area (Å²) in [6.07, 6.45) is 12.1. The Balaban J connectivity index is 1.81. The van der Waals surface area contributed by atoms with E-state index in [1.165, 1.54) is 41.5 Å². The Kier molecular flexibility index (Phi) is 8.61. The number of phenolic OH excluding ortho intramolecular Hbond substituents is 2. The molecular weight excluding hydrogens is 404 g/mol. The molecule has 0 radical (unpaired) electrons. The summed E-state index contributed by atoms with van der Waals surface area (Å²) in [5, 5.41) is 24.9. The number of aromatic hydroxyl groups is 2. The second-order valence-electron chi connectivity index (χ2n) is 10.2. The molecule has 0 unspecified atom stereocenters. The van der Waals surface area contributed by atoms with Crippen molar-refractivity contribution in [3.8, 4) is 11.5 Å². The topological polar surface area (TPSA) is 40.5 Å². The molecule has 0 atom stereocenters. The Morgan fingerprint density at radius 1 is 0.758 bits per heavy atom. The standard InChI is InChI=1S/C31H40O2/c1-21(2)9-6-11-23(5)12-8-14-25-16-18-27-29(20-25)31(33)28-19-24(13-7-10-22(3)4)15-17-26(28)30(27)32/h10,12,15-21,32-33H,6-9,11,13-14H2,1-5H3/b23-12+. The molecule has 3 rings (SSSR count). The molecule has 0 heterocycles. The van der Waals surface area contributed by atoms with E-state index in [1.807, 2.05) is 24.3 Å². The predicted molar refractivity (Wildman–Crippen MR) is 143 cm³/mol. The first-order valence-corrected chi connectivity index (χ1v) is 12.4. The van der Waals surface area contributed by atoms with Crippen LogP contribution in [0.3, 0.4) is 0 Å². The first-order valence-electron chi connectivity index (χ1n) is 12.4. The van der Waals surface area contributed by atoms with Crippen molar-refractivity contribution in [3.05, 3.63) is 70.8 Å². The monoisotopic (exact) mass is 444 g/mol. The van der Waals surface area contributed by atoms with E-state index in [0.29, 0.717) is 10.8 Å². The third-order valence-electron chi connectivity index (χ3n) is 6.45. The molecule has 2 heteroatoms. The van der Waals surface area contributed by atoms with Crippen LogP contribution in [-0.4, -0.2) is 10.2 Å². The van der Waals surface area contributed by atoms with Crippen molar-refractivity contribution in [1.29, 1.82) is 0 Å². The van der Waals surface area contributed by atoms with Gasteiger partial charge >= 0.3 is 0 Å². The minimum absolute atomic E-state index is 0.251. The Morgan fingerprint density at radius 3 is 1.79 bits per heavy atom. The minimum Gasteiger partial charge on any atom is -0.507 e. The van der Waals surface area contributed by atoms with Gasteiger partial charge in [-0.25, -0.2) is 0 Å². The zero-order chi connectivity index (χ0) is 24.0. The third-order valence-corrected chi connectivity index (χ3v) is 6.45. The lowest BCUT2D eigenvalue weighted by atomic mass is 9.95. The average molecular weight is 445 g/mol. The maximum atomic E-state index is 11.1. The lowest BCUT2D eigenvalue weighted by Crippen LogP contribution is -1.90. The number of hydrogen-bond acceptors (Lipinski definition) is 2. The average Bonchev–Trinajstić information content (AvgIpc) is 2.77. The molecule has 0 saturated heterocycles. The van der Waals surface area contributed by atoms with Gasteiger partial charge in [-0.1, -0.05) is 67.8 Å². The van der Waals surface area contributed by atoms with Crippen molar-refractivity contribution in [2.75, 3.05) is 0 Å². The summed E-state index contributed by atoms with van der Waals surface area (Å²) >= 11 is 0. The highest BCUT2D eigenvalue weighted by Gasteiger charge is 2.14. The quantitative estimate of drug-likeness (QED) is 0.186. The summed E-state index contributed by atoms with van der Waals surface area (Å²) in [4.78, 5) is 0. The summed E-state index contributed by atoms with van der Waals surface area (Å²) in [5.41, 5.74) is 5.13. The van der Waals surface area contributed by atoms with Crippen molar-refractivity contribution in [3.63, 3.8) is 0 Å². The molecule has 0 aliphatic carbocycles. The number of fused-ring (bicyclic) bond motifs is 2. The maximum absolute atomic E-state index is 11.1. The molecule has 33 heavy (non-hydrogen) atoms. The van der Waals surface area contributed by atoms with Crippen LogP contribution in [0.15, 0.2) is 59.7 Å². The van der Waals surface area contributed by atoms with E-state index in [9.17, 15) is 10.2 Å². The molecular formula is C31H40O2. The summed E-state index contributed by atoms with van der Waals surface area (Å²) in [6, 6.07) is 12.1. The van der Waals surface area contributed by atoms with Gasteiger partial charge in [-0.15, -0.1) is 0 Å². The van der Waals surface area contributed by atoms with Gasteiger partial charge in [0.25, 0.3) is 0 Å². The molecule has 0 fully saturated rings. The van der Waals surface area contributed by atoms with Crippen LogP contribution in [0.25, 0.3) is 21.5 Å². The summed E-state index contributed by atoms with van der Waals surface area (Å²) < 4.78 is 0. The summed E-state index contributed by atoms with van der Waals surface area (Å²) in [7, 11) is 0. The second-order valence-corrected chi connectivity index (χ2v) is 10.2. The van der Waals surface area contributed by atoms with Crippen molar-refractivity contribution in [2.45, 2.75) is 79.6 Å². The van der Waals surface area contributed by atoms with Crippen molar-refractivity contribution in [1.82, 2.24) is 0 Å². The van der Waals surface area contributed by atoms with Gasteiger partial charge in [-0.3, -0.25) is 0 Å². The van der Waals surface area contributed by atoms with Gasteiger partial charge in [0.1, 0.15) is 11.5 Å². The SMILES string of the molecule is CC(C)=CCCc1ccc2c(O)c3ccc(CC/C=C(\C)CCCC(C)C)cc3c(O)c2c1. The number of allylic oxidation sites excluding steroid dienone is 4. The van der Waals surface area contributed by atoms with Gasteiger partial charge in [0.05, 0.1) is 0 Å². The summed E-state index contributed by atoms with van der Waals surface area (Å²) in [5.74, 6) is 1.29. The van der Waals surface area contributed by atoms with Crippen molar-refractivity contribution >= 4 is 21.5 Å².